The fraction of sp³-hybridized carbons (Fsp3) is 0.786. The average molecular weight is 250 g/mol. The van der Waals surface area contributed by atoms with Crippen LogP contribution in [-0.2, 0) is 13.6 Å². The molecule has 1 heterocycles. The molecule has 1 saturated carbocycles. The number of rotatable bonds is 5. The van der Waals surface area contributed by atoms with Gasteiger partial charge in [0.15, 0.2) is 0 Å². The van der Waals surface area contributed by atoms with Gasteiger partial charge in [-0.25, -0.2) is 0 Å². The van der Waals surface area contributed by atoms with Gasteiger partial charge in [-0.05, 0) is 33.9 Å². The fourth-order valence-corrected chi connectivity index (χ4v) is 2.96. The maximum Gasteiger partial charge on any atom is 0.0537 e. The lowest BCUT2D eigenvalue weighted by atomic mass is 9.96. The molecule has 0 saturated heterocycles. The van der Waals surface area contributed by atoms with Crippen molar-refractivity contribution in [2.75, 3.05) is 20.6 Å². The molecule has 4 heteroatoms. The van der Waals surface area contributed by atoms with Gasteiger partial charge in [0.05, 0.1) is 6.20 Å². The summed E-state index contributed by atoms with van der Waals surface area (Å²) in [6.07, 6.45) is 7.34. The van der Waals surface area contributed by atoms with Crippen LogP contribution < -0.4 is 5.32 Å². The molecule has 102 valence electrons. The molecule has 4 nitrogen and oxygen atoms in total. The van der Waals surface area contributed by atoms with Crippen LogP contribution in [0.5, 0.6) is 0 Å². The summed E-state index contributed by atoms with van der Waals surface area (Å²) in [5, 5.41) is 7.91. The predicted octanol–water partition coefficient (Wildman–Crippen LogP) is 1.69. The van der Waals surface area contributed by atoms with E-state index in [2.05, 4.69) is 36.3 Å². The topological polar surface area (TPSA) is 33.1 Å². The molecule has 1 fully saturated rings. The van der Waals surface area contributed by atoms with Gasteiger partial charge in [-0.15, -0.1) is 0 Å². The number of aromatic nitrogens is 2. The van der Waals surface area contributed by atoms with E-state index in [0.29, 0.717) is 5.54 Å². The molecule has 0 radical (unpaired) electrons. The monoisotopic (exact) mass is 250 g/mol. The molecule has 0 aromatic carbocycles. The van der Waals surface area contributed by atoms with Crippen molar-refractivity contribution in [3.8, 4) is 0 Å². The van der Waals surface area contributed by atoms with Gasteiger partial charge in [-0.1, -0.05) is 12.8 Å². The smallest absolute Gasteiger partial charge is 0.0537 e. The summed E-state index contributed by atoms with van der Waals surface area (Å²) < 4.78 is 1.94. The Morgan fingerprint density at radius 3 is 2.56 bits per heavy atom. The molecule has 0 unspecified atom stereocenters. The van der Waals surface area contributed by atoms with Crippen LogP contribution in [0.15, 0.2) is 6.20 Å². The largest absolute Gasteiger partial charge is 0.311 e. The first-order chi connectivity index (χ1) is 8.55. The molecule has 0 bridgehead atoms. The van der Waals surface area contributed by atoms with Crippen LogP contribution in [0.25, 0.3) is 0 Å². The Kier molecular flexibility index (Phi) is 4.07. The van der Waals surface area contributed by atoms with Crippen LogP contribution in [0.4, 0.5) is 0 Å². The van der Waals surface area contributed by atoms with Gasteiger partial charge in [0.1, 0.15) is 0 Å². The second-order valence-corrected chi connectivity index (χ2v) is 5.81. The predicted molar refractivity (Wildman–Crippen MR) is 74.5 cm³/mol. The van der Waals surface area contributed by atoms with Gasteiger partial charge >= 0.3 is 0 Å². The third-order valence-corrected chi connectivity index (χ3v) is 4.59. The van der Waals surface area contributed by atoms with Crippen molar-refractivity contribution in [3.05, 3.63) is 17.5 Å². The lowest BCUT2D eigenvalue weighted by Crippen LogP contribution is -2.49. The Hall–Kier alpha value is -0.870. The summed E-state index contributed by atoms with van der Waals surface area (Å²) in [4.78, 5) is 2.41. The SMILES string of the molecule is Cc1c(CNCC2(N(C)C)CCCC2)cnn1C. The van der Waals surface area contributed by atoms with E-state index < -0.39 is 0 Å². The van der Waals surface area contributed by atoms with Crippen LogP contribution >= 0.6 is 0 Å². The molecular formula is C14H26N4. The van der Waals surface area contributed by atoms with Crippen molar-refractivity contribution in [3.63, 3.8) is 0 Å². The number of hydrogen-bond acceptors (Lipinski definition) is 3. The Morgan fingerprint density at radius 1 is 1.39 bits per heavy atom. The Bertz CT molecular complexity index is 388. The third-order valence-electron chi connectivity index (χ3n) is 4.59. The second-order valence-electron chi connectivity index (χ2n) is 5.81. The highest BCUT2D eigenvalue weighted by Crippen LogP contribution is 2.33. The van der Waals surface area contributed by atoms with Gasteiger partial charge < -0.3 is 10.2 Å². The molecule has 0 spiro atoms. The highest BCUT2D eigenvalue weighted by molar-refractivity contribution is 5.15. The van der Waals surface area contributed by atoms with E-state index >= 15 is 0 Å². The van der Waals surface area contributed by atoms with E-state index in [9.17, 15) is 0 Å². The number of aryl methyl sites for hydroxylation is 1. The number of hydrogen-bond donors (Lipinski definition) is 1. The van der Waals surface area contributed by atoms with Crippen LogP contribution in [0.1, 0.15) is 36.9 Å². The Labute approximate surface area is 110 Å². The highest BCUT2D eigenvalue weighted by atomic mass is 15.3. The minimum absolute atomic E-state index is 0.371. The molecule has 1 aliphatic rings. The summed E-state index contributed by atoms with van der Waals surface area (Å²) in [6, 6.07) is 0. The molecule has 18 heavy (non-hydrogen) atoms. The van der Waals surface area contributed by atoms with Crippen LogP contribution in [0, 0.1) is 6.92 Å². The first kappa shape index (κ1) is 13.6. The summed E-state index contributed by atoms with van der Waals surface area (Å²) in [7, 11) is 6.42. The fourth-order valence-electron chi connectivity index (χ4n) is 2.96. The minimum atomic E-state index is 0.371. The normalized spacial score (nSPS) is 18.7. The lowest BCUT2D eigenvalue weighted by molar-refractivity contribution is 0.153. The standard InChI is InChI=1S/C14H26N4/c1-12-13(10-16-18(12)4)9-15-11-14(17(2)3)7-5-6-8-14/h10,15H,5-9,11H2,1-4H3. The zero-order valence-corrected chi connectivity index (χ0v) is 12.2. The molecule has 1 aromatic rings. The van der Waals surface area contributed by atoms with E-state index in [1.54, 1.807) is 0 Å². The van der Waals surface area contributed by atoms with E-state index in [0.717, 1.165) is 13.1 Å². The van der Waals surface area contributed by atoms with Gasteiger partial charge in [0.25, 0.3) is 0 Å². The van der Waals surface area contributed by atoms with E-state index in [4.69, 9.17) is 0 Å². The van der Waals surface area contributed by atoms with Crippen LogP contribution in [0.3, 0.4) is 0 Å². The third kappa shape index (κ3) is 2.59. The van der Waals surface area contributed by atoms with Crippen LogP contribution in [-0.4, -0.2) is 40.9 Å². The van der Waals surface area contributed by atoms with Crippen molar-refractivity contribution in [1.29, 1.82) is 0 Å². The average Bonchev–Trinajstić information content (AvgIpc) is 2.92. The van der Waals surface area contributed by atoms with Crippen molar-refractivity contribution < 1.29 is 0 Å². The van der Waals surface area contributed by atoms with Crippen molar-refractivity contribution in [2.24, 2.45) is 7.05 Å². The molecule has 1 aromatic heterocycles. The van der Waals surface area contributed by atoms with Gasteiger partial charge in [-0.3, -0.25) is 4.68 Å². The number of nitrogens with zero attached hydrogens (tertiary/aromatic N) is 3. The minimum Gasteiger partial charge on any atom is -0.311 e. The molecule has 1 aliphatic carbocycles. The first-order valence-corrected chi connectivity index (χ1v) is 6.91. The van der Waals surface area contributed by atoms with E-state index in [1.807, 2.05) is 17.9 Å². The Balaban J connectivity index is 1.89. The zero-order valence-electron chi connectivity index (χ0n) is 12.2. The van der Waals surface area contributed by atoms with E-state index in [1.165, 1.54) is 36.9 Å². The molecule has 0 aliphatic heterocycles. The Morgan fingerprint density at radius 2 is 2.06 bits per heavy atom. The number of likely N-dealkylation sites (N-methyl/N-ethyl adjacent to an activating group) is 1. The summed E-state index contributed by atoms with van der Waals surface area (Å²) in [5.41, 5.74) is 2.94. The van der Waals surface area contributed by atoms with E-state index in [-0.39, 0.29) is 0 Å². The van der Waals surface area contributed by atoms with Gasteiger partial charge in [-0.2, -0.15) is 5.10 Å². The molecular weight excluding hydrogens is 224 g/mol. The molecule has 2 rings (SSSR count). The maximum absolute atomic E-state index is 4.29. The zero-order chi connectivity index (χ0) is 13.2. The first-order valence-electron chi connectivity index (χ1n) is 6.91. The highest BCUT2D eigenvalue weighted by Gasteiger charge is 2.35. The molecule has 1 N–H and O–H groups in total. The van der Waals surface area contributed by atoms with Gasteiger partial charge in [0, 0.05) is 36.9 Å². The molecule has 0 amide bonds. The quantitative estimate of drug-likeness (QED) is 0.863. The van der Waals surface area contributed by atoms with Crippen LogP contribution in [0.2, 0.25) is 0 Å². The summed E-state index contributed by atoms with van der Waals surface area (Å²) in [5.74, 6) is 0. The number of nitrogens with one attached hydrogen (secondary N) is 1. The van der Waals surface area contributed by atoms with Crippen molar-refractivity contribution in [2.45, 2.75) is 44.7 Å². The second kappa shape index (κ2) is 5.41. The maximum atomic E-state index is 4.29. The van der Waals surface area contributed by atoms with Crippen molar-refractivity contribution in [1.82, 2.24) is 20.0 Å². The van der Waals surface area contributed by atoms with Crippen molar-refractivity contribution >= 4 is 0 Å². The molecule has 0 atom stereocenters. The summed E-state index contributed by atoms with van der Waals surface area (Å²) >= 11 is 0. The lowest BCUT2D eigenvalue weighted by Gasteiger charge is -2.36. The van der Waals surface area contributed by atoms with Gasteiger partial charge in [0.2, 0.25) is 0 Å². The summed E-state index contributed by atoms with van der Waals surface area (Å²) in [6.45, 7) is 4.13.